The van der Waals surface area contributed by atoms with Gasteiger partial charge >= 0.3 is 0 Å². The number of hydrogen-bond donors (Lipinski definition) is 0. The second-order valence-electron chi connectivity index (χ2n) is 4.30. The van der Waals surface area contributed by atoms with E-state index in [1.54, 1.807) is 0 Å². The molecule has 1 atom stereocenters. The summed E-state index contributed by atoms with van der Waals surface area (Å²) in [5.41, 5.74) is 0. The van der Waals surface area contributed by atoms with Crippen LogP contribution in [0, 0.1) is 12.8 Å². The molecule has 0 heterocycles. The zero-order chi connectivity index (χ0) is 9.94. The summed E-state index contributed by atoms with van der Waals surface area (Å²) in [5, 5.41) is 0. The van der Waals surface area contributed by atoms with E-state index in [1.807, 2.05) is 0 Å². The average molecular weight is 183 g/mol. The topological polar surface area (TPSA) is 0 Å². The van der Waals surface area contributed by atoms with E-state index in [4.69, 9.17) is 0 Å². The second-order valence-corrected chi connectivity index (χ2v) is 4.30. The Kier molecular flexibility index (Phi) is 10.1. The molecule has 0 aromatic heterocycles. The molecule has 0 saturated heterocycles. The first kappa shape index (κ1) is 13.0. The van der Waals surface area contributed by atoms with Crippen molar-refractivity contribution in [2.75, 3.05) is 0 Å². The number of hydrogen-bond acceptors (Lipinski definition) is 0. The van der Waals surface area contributed by atoms with Crippen molar-refractivity contribution >= 4 is 0 Å². The normalized spacial score (nSPS) is 13.2. The van der Waals surface area contributed by atoms with Crippen molar-refractivity contribution < 1.29 is 0 Å². The van der Waals surface area contributed by atoms with E-state index >= 15 is 0 Å². The van der Waals surface area contributed by atoms with Crippen molar-refractivity contribution in [3.63, 3.8) is 0 Å². The maximum Gasteiger partial charge on any atom is -0.0443 e. The summed E-state index contributed by atoms with van der Waals surface area (Å²) in [7, 11) is 0. The van der Waals surface area contributed by atoms with Crippen LogP contribution in [0.25, 0.3) is 0 Å². The summed E-state index contributed by atoms with van der Waals surface area (Å²) in [4.78, 5) is 0. The summed E-state index contributed by atoms with van der Waals surface area (Å²) in [6.45, 7) is 8.54. The molecule has 1 radical (unpaired) electrons. The van der Waals surface area contributed by atoms with Gasteiger partial charge in [-0.15, -0.1) is 0 Å². The molecule has 0 bridgehead atoms. The van der Waals surface area contributed by atoms with E-state index in [1.165, 1.54) is 51.4 Å². The quantitative estimate of drug-likeness (QED) is 0.442. The first-order chi connectivity index (χ1) is 6.31. The third-order valence-electron chi connectivity index (χ3n) is 2.75. The lowest BCUT2D eigenvalue weighted by Gasteiger charge is -2.09. The van der Waals surface area contributed by atoms with Crippen LogP contribution in [-0.4, -0.2) is 0 Å². The lowest BCUT2D eigenvalue weighted by Crippen LogP contribution is -1.94. The predicted octanol–water partition coefficient (Wildman–Crippen LogP) is 4.99. The summed E-state index contributed by atoms with van der Waals surface area (Å²) in [6.07, 6.45) is 12.3. The fourth-order valence-electron chi connectivity index (χ4n) is 1.72. The molecule has 0 N–H and O–H groups in total. The fourth-order valence-corrected chi connectivity index (χ4v) is 1.72. The van der Waals surface area contributed by atoms with Crippen LogP contribution in [0.1, 0.15) is 71.6 Å². The largest absolute Gasteiger partial charge is 0.0654 e. The maximum atomic E-state index is 3.86. The second kappa shape index (κ2) is 10.1. The van der Waals surface area contributed by atoms with Gasteiger partial charge in [-0.3, -0.25) is 0 Å². The Morgan fingerprint density at radius 1 is 0.923 bits per heavy atom. The molecule has 79 valence electrons. The van der Waals surface area contributed by atoms with Crippen LogP contribution in [0.15, 0.2) is 0 Å². The van der Waals surface area contributed by atoms with Crippen molar-refractivity contribution in [1.82, 2.24) is 0 Å². The van der Waals surface area contributed by atoms with Gasteiger partial charge in [-0.25, -0.2) is 0 Å². The van der Waals surface area contributed by atoms with Crippen LogP contribution in [0.5, 0.6) is 0 Å². The third kappa shape index (κ3) is 9.92. The van der Waals surface area contributed by atoms with E-state index in [-0.39, 0.29) is 0 Å². The monoisotopic (exact) mass is 183 g/mol. The van der Waals surface area contributed by atoms with Crippen molar-refractivity contribution in [2.24, 2.45) is 5.92 Å². The van der Waals surface area contributed by atoms with E-state index in [0.29, 0.717) is 0 Å². The Balaban J connectivity index is 3.03. The number of rotatable bonds is 9. The smallest absolute Gasteiger partial charge is 0.0443 e. The van der Waals surface area contributed by atoms with Gasteiger partial charge in [0.15, 0.2) is 0 Å². The van der Waals surface area contributed by atoms with Crippen molar-refractivity contribution in [1.29, 1.82) is 0 Å². The highest BCUT2D eigenvalue weighted by molar-refractivity contribution is 4.54. The highest BCUT2D eigenvalue weighted by atomic mass is 14.1. The van der Waals surface area contributed by atoms with Crippen LogP contribution in [-0.2, 0) is 0 Å². The highest BCUT2D eigenvalue weighted by Crippen LogP contribution is 2.16. The Hall–Kier alpha value is 0. The average Bonchev–Trinajstić information content (AvgIpc) is 2.14. The summed E-state index contributed by atoms with van der Waals surface area (Å²) >= 11 is 0. The molecular formula is C13H27. The molecule has 1 unspecified atom stereocenters. The highest BCUT2D eigenvalue weighted by Gasteiger charge is 2.00. The Morgan fingerprint density at radius 3 is 2.15 bits per heavy atom. The molecule has 0 aliphatic heterocycles. The minimum absolute atomic E-state index is 0.958. The molecule has 0 fully saturated rings. The molecule has 0 rings (SSSR count). The van der Waals surface area contributed by atoms with Crippen LogP contribution in [0.4, 0.5) is 0 Å². The van der Waals surface area contributed by atoms with Gasteiger partial charge in [-0.05, 0) is 5.92 Å². The van der Waals surface area contributed by atoms with Crippen LogP contribution < -0.4 is 0 Å². The predicted molar refractivity (Wildman–Crippen MR) is 61.7 cm³/mol. The lowest BCUT2D eigenvalue weighted by molar-refractivity contribution is 0.443. The lowest BCUT2D eigenvalue weighted by atomic mass is 9.97. The third-order valence-corrected chi connectivity index (χ3v) is 2.75. The zero-order valence-electron chi connectivity index (χ0n) is 9.65. The SMILES string of the molecule is [CH2]CCCCCCC(C)CCCC. The standard InChI is InChI=1S/C13H27/c1-4-6-8-9-10-12-13(3)11-7-5-2/h13H,1,4-12H2,2-3H3. The Labute approximate surface area is 85.1 Å². The molecule has 0 saturated carbocycles. The molecule has 0 aromatic carbocycles. The minimum atomic E-state index is 0.958. The van der Waals surface area contributed by atoms with Gasteiger partial charge in [0.2, 0.25) is 0 Å². The first-order valence-corrected chi connectivity index (χ1v) is 6.10. The van der Waals surface area contributed by atoms with Crippen LogP contribution in [0.2, 0.25) is 0 Å². The molecule has 0 heteroatoms. The van der Waals surface area contributed by atoms with E-state index in [2.05, 4.69) is 20.8 Å². The van der Waals surface area contributed by atoms with E-state index < -0.39 is 0 Å². The van der Waals surface area contributed by atoms with Crippen molar-refractivity contribution in [2.45, 2.75) is 71.6 Å². The number of unbranched alkanes of at least 4 members (excludes halogenated alkanes) is 5. The van der Waals surface area contributed by atoms with Crippen molar-refractivity contribution in [3.8, 4) is 0 Å². The molecule has 0 aromatic rings. The van der Waals surface area contributed by atoms with Gasteiger partial charge in [0.05, 0.1) is 0 Å². The van der Waals surface area contributed by atoms with Gasteiger partial charge in [-0.2, -0.15) is 0 Å². The summed E-state index contributed by atoms with van der Waals surface area (Å²) in [5.74, 6) is 0.958. The van der Waals surface area contributed by atoms with Gasteiger partial charge in [0.25, 0.3) is 0 Å². The molecule has 13 heavy (non-hydrogen) atoms. The van der Waals surface area contributed by atoms with Crippen LogP contribution >= 0.6 is 0 Å². The van der Waals surface area contributed by atoms with Gasteiger partial charge in [0.1, 0.15) is 0 Å². The van der Waals surface area contributed by atoms with E-state index in [9.17, 15) is 0 Å². The zero-order valence-corrected chi connectivity index (χ0v) is 9.65. The fraction of sp³-hybridized carbons (Fsp3) is 0.923. The maximum absolute atomic E-state index is 3.86. The Bertz CT molecular complexity index is 86.0. The Morgan fingerprint density at radius 2 is 1.54 bits per heavy atom. The minimum Gasteiger partial charge on any atom is -0.0654 e. The molecule has 0 nitrogen and oxygen atoms in total. The van der Waals surface area contributed by atoms with Gasteiger partial charge in [-0.1, -0.05) is 78.6 Å². The van der Waals surface area contributed by atoms with Crippen molar-refractivity contribution in [3.05, 3.63) is 6.92 Å². The van der Waals surface area contributed by atoms with Crippen LogP contribution in [0.3, 0.4) is 0 Å². The molecule has 0 aliphatic carbocycles. The molecular weight excluding hydrogens is 156 g/mol. The summed E-state index contributed by atoms with van der Waals surface area (Å²) < 4.78 is 0. The van der Waals surface area contributed by atoms with E-state index in [0.717, 1.165) is 12.3 Å². The van der Waals surface area contributed by atoms with Gasteiger partial charge < -0.3 is 0 Å². The first-order valence-electron chi connectivity index (χ1n) is 6.10. The van der Waals surface area contributed by atoms with Gasteiger partial charge in [0, 0.05) is 0 Å². The molecule has 0 spiro atoms. The molecule has 0 aliphatic rings. The summed E-state index contributed by atoms with van der Waals surface area (Å²) in [6, 6.07) is 0. The molecule has 0 amide bonds.